The number of hydrogen-bond donors (Lipinski definition) is 3. The highest BCUT2D eigenvalue weighted by atomic mass is 19.1. The summed E-state index contributed by atoms with van der Waals surface area (Å²) in [6.07, 6.45) is -0.0533. The molecular formula is C12H12FN3O2. The number of hydrogen-bond acceptors (Lipinski definition) is 4. The van der Waals surface area contributed by atoms with Crippen molar-refractivity contribution in [1.29, 1.82) is 5.26 Å². The van der Waals surface area contributed by atoms with Gasteiger partial charge in [-0.2, -0.15) is 5.26 Å². The highest BCUT2D eigenvalue weighted by molar-refractivity contribution is 5.71. The van der Waals surface area contributed by atoms with Gasteiger partial charge in [0.2, 0.25) is 0 Å². The van der Waals surface area contributed by atoms with Gasteiger partial charge in [0.1, 0.15) is 11.9 Å². The molecule has 1 aliphatic rings. The summed E-state index contributed by atoms with van der Waals surface area (Å²) >= 11 is 0. The van der Waals surface area contributed by atoms with Crippen molar-refractivity contribution in [1.82, 2.24) is 5.32 Å². The summed E-state index contributed by atoms with van der Waals surface area (Å²) in [6.45, 7) is 1.00. The SMILES string of the molecule is N#Cc1cc(F)ccc1NC1(CC(=O)O)CNC1. The number of halogens is 1. The van der Waals surface area contributed by atoms with Crippen molar-refractivity contribution in [2.45, 2.75) is 12.0 Å². The van der Waals surface area contributed by atoms with Crippen LogP contribution in [0.3, 0.4) is 0 Å². The molecule has 0 saturated carbocycles. The minimum Gasteiger partial charge on any atom is -0.481 e. The summed E-state index contributed by atoms with van der Waals surface area (Å²) in [5.74, 6) is -1.40. The lowest BCUT2D eigenvalue weighted by Gasteiger charge is -2.43. The number of nitrogens with zero attached hydrogens (tertiary/aromatic N) is 1. The predicted octanol–water partition coefficient (Wildman–Crippen LogP) is 0.926. The topological polar surface area (TPSA) is 85.2 Å². The third-order valence-electron chi connectivity index (χ3n) is 2.92. The lowest BCUT2D eigenvalue weighted by molar-refractivity contribution is -0.138. The number of carboxylic acids is 1. The molecule has 3 N–H and O–H groups in total. The average molecular weight is 249 g/mol. The van der Waals surface area contributed by atoms with E-state index in [9.17, 15) is 9.18 Å². The Hall–Kier alpha value is -2.13. The number of carbonyl (C=O) groups is 1. The van der Waals surface area contributed by atoms with Crippen molar-refractivity contribution in [2.24, 2.45) is 0 Å². The van der Waals surface area contributed by atoms with Crippen LogP contribution >= 0.6 is 0 Å². The van der Waals surface area contributed by atoms with Crippen molar-refractivity contribution in [3.05, 3.63) is 29.6 Å². The number of aliphatic carboxylic acids is 1. The molecule has 1 heterocycles. The lowest BCUT2D eigenvalue weighted by atomic mass is 9.88. The molecule has 5 nitrogen and oxygen atoms in total. The van der Waals surface area contributed by atoms with Gasteiger partial charge in [-0.15, -0.1) is 0 Å². The van der Waals surface area contributed by atoms with Crippen LogP contribution in [0.4, 0.5) is 10.1 Å². The van der Waals surface area contributed by atoms with Gasteiger partial charge in [-0.1, -0.05) is 0 Å². The molecule has 0 unspecified atom stereocenters. The van der Waals surface area contributed by atoms with Crippen LogP contribution < -0.4 is 10.6 Å². The van der Waals surface area contributed by atoms with Crippen LogP contribution in [0.25, 0.3) is 0 Å². The van der Waals surface area contributed by atoms with E-state index >= 15 is 0 Å². The molecule has 6 heteroatoms. The van der Waals surface area contributed by atoms with E-state index in [1.165, 1.54) is 12.1 Å². The minimum absolute atomic E-state index is 0.0533. The summed E-state index contributed by atoms with van der Waals surface area (Å²) in [6, 6.07) is 5.71. The molecule has 0 aliphatic carbocycles. The Labute approximate surface area is 103 Å². The first-order valence-corrected chi connectivity index (χ1v) is 5.45. The van der Waals surface area contributed by atoms with E-state index in [1.54, 1.807) is 0 Å². The van der Waals surface area contributed by atoms with Crippen LogP contribution in [0, 0.1) is 17.1 Å². The van der Waals surface area contributed by atoms with Gasteiger partial charge in [0.05, 0.1) is 23.2 Å². The third-order valence-corrected chi connectivity index (χ3v) is 2.92. The van der Waals surface area contributed by atoms with E-state index in [1.807, 2.05) is 6.07 Å². The van der Waals surface area contributed by atoms with Crippen LogP contribution in [0.15, 0.2) is 18.2 Å². The van der Waals surface area contributed by atoms with E-state index in [4.69, 9.17) is 10.4 Å². The Kier molecular flexibility index (Phi) is 3.17. The predicted molar refractivity (Wildman–Crippen MR) is 62.6 cm³/mol. The van der Waals surface area contributed by atoms with Crippen molar-refractivity contribution in [2.75, 3.05) is 18.4 Å². The zero-order valence-electron chi connectivity index (χ0n) is 9.53. The second kappa shape index (κ2) is 4.63. The van der Waals surface area contributed by atoms with Crippen LogP contribution in [0.2, 0.25) is 0 Å². The van der Waals surface area contributed by atoms with E-state index in [2.05, 4.69) is 10.6 Å². The number of rotatable bonds is 4. The van der Waals surface area contributed by atoms with E-state index in [-0.39, 0.29) is 12.0 Å². The smallest absolute Gasteiger partial charge is 0.305 e. The summed E-state index contributed by atoms with van der Waals surface area (Å²) in [7, 11) is 0. The Morgan fingerprint density at radius 1 is 1.61 bits per heavy atom. The van der Waals surface area contributed by atoms with Gasteiger partial charge in [-0.05, 0) is 18.2 Å². The fraction of sp³-hybridized carbons (Fsp3) is 0.333. The van der Waals surface area contributed by atoms with Crippen LogP contribution in [0.5, 0.6) is 0 Å². The fourth-order valence-corrected chi connectivity index (χ4v) is 1.98. The second-order valence-electron chi connectivity index (χ2n) is 4.38. The fourth-order valence-electron chi connectivity index (χ4n) is 1.98. The molecule has 0 bridgehead atoms. The van der Waals surface area contributed by atoms with E-state index in [0.29, 0.717) is 18.8 Å². The molecule has 0 radical (unpaired) electrons. The normalized spacial score (nSPS) is 16.4. The molecule has 0 spiro atoms. The van der Waals surface area contributed by atoms with Crippen molar-refractivity contribution >= 4 is 11.7 Å². The van der Waals surface area contributed by atoms with E-state index < -0.39 is 17.3 Å². The number of nitrogens with one attached hydrogen (secondary N) is 2. The third kappa shape index (κ3) is 2.41. The second-order valence-corrected chi connectivity index (χ2v) is 4.38. The summed E-state index contributed by atoms with van der Waals surface area (Å²) < 4.78 is 13.0. The first-order valence-electron chi connectivity index (χ1n) is 5.45. The molecule has 1 fully saturated rings. The number of anilines is 1. The Balaban J connectivity index is 2.23. The molecule has 0 aromatic heterocycles. The van der Waals surface area contributed by atoms with Crippen molar-refractivity contribution in [3.8, 4) is 6.07 Å². The van der Waals surface area contributed by atoms with Gasteiger partial charge in [0, 0.05) is 13.1 Å². The lowest BCUT2D eigenvalue weighted by Crippen LogP contribution is -2.65. The number of carboxylic acid groups (broad SMARTS) is 1. The van der Waals surface area contributed by atoms with Crippen molar-refractivity contribution < 1.29 is 14.3 Å². The van der Waals surface area contributed by atoms with Crippen LogP contribution in [-0.4, -0.2) is 29.7 Å². The van der Waals surface area contributed by atoms with Gasteiger partial charge in [0.15, 0.2) is 0 Å². The summed E-state index contributed by atoms with van der Waals surface area (Å²) in [5, 5.41) is 23.8. The van der Waals surface area contributed by atoms with E-state index in [0.717, 1.165) is 6.07 Å². The first-order chi connectivity index (χ1) is 8.54. The zero-order chi connectivity index (χ0) is 13.2. The maximum atomic E-state index is 13.0. The van der Waals surface area contributed by atoms with Gasteiger partial charge >= 0.3 is 5.97 Å². The van der Waals surface area contributed by atoms with Crippen molar-refractivity contribution in [3.63, 3.8) is 0 Å². The molecule has 1 aliphatic heterocycles. The Bertz CT molecular complexity index is 521. The molecule has 0 amide bonds. The number of nitriles is 1. The molecule has 1 saturated heterocycles. The zero-order valence-corrected chi connectivity index (χ0v) is 9.53. The highest BCUT2D eigenvalue weighted by Crippen LogP contribution is 2.25. The standard InChI is InChI=1S/C12H12FN3O2/c13-9-1-2-10(8(3-9)5-14)16-12(4-11(17)18)6-15-7-12/h1-3,15-16H,4,6-7H2,(H,17,18). The Morgan fingerprint density at radius 3 is 2.83 bits per heavy atom. The molecule has 0 atom stereocenters. The summed E-state index contributed by atoms with van der Waals surface area (Å²) in [4.78, 5) is 10.8. The van der Waals surface area contributed by atoms with Gasteiger partial charge < -0.3 is 15.7 Å². The summed E-state index contributed by atoms with van der Waals surface area (Å²) in [5.41, 5.74) is 0.0308. The molecule has 1 aromatic rings. The largest absolute Gasteiger partial charge is 0.481 e. The molecule has 94 valence electrons. The monoisotopic (exact) mass is 249 g/mol. The Morgan fingerprint density at radius 2 is 2.33 bits per heavy atom. The quantitative estimate of drug-likeness (QED) is 0.739. The molecule has 2 rings (SSSR count). The average Bonchev–Trinajstić information content (AvgIpc) is 2.27. The van der Waals surface area contributed by atoms with Crippen LogP contribution in [-0.2, 0) is 4.79 Å². The maximum absolute atomic E-state index is 13.0. The number of benzene rings is 1. The first kappa shape index (κ1) is 12.3. The minimum atomic E-state index is -0.912. The van der Waals surface area contributed by atoms with Gasteiger partial charge in [-0.3, -0.25) is 4.79 Å². The van der Waals surface area contributed by atoms with Crippen LogP contribution in [0.1, 0.15) is 12.0 Å². The molecular weight excluding hydrogens is 237 g/mol. The van der Waals surface area contributed by atoms with Gasteiger partial charge in [-0.25, -0.2) is 4.39 Å². The highest BCUT2D eigenvalue weighted by Gasteiger charge is 2.39. The molecule has 18 heavy (non-hydrogen) atoms. The molecule has 1 aromatic carbocycles. The maximum Gasteiger partial charge on any atom is 0.305 e. The van der Waals surface area contributed by atoms with Gasteiger partial charge in [0.25, 0.3) is 0 Å².